The molecule has 290 valence electrons. The summed E-state index contributed by atoms with van der Waals surface area (Å²) in [5, 5.41) is 30.2. The lowest BCUT2D eigenvalue weighted by Crippen LogP contribution is -2.48. The van der Waals surface area contributed by atoms with Crippen LogP contribution in [0.15, 0.2) is 24.4 Å². The van der Waals surface area contributed by atoms with Gasteiger partial charge in [0.15, 0.2) is 0 Å². The van der Waals surface area contributed by atoms with Crippen LogP contribution in [0.4, 0.5) is 0 Å². The van der Waals surface area contributed by atoms with Gasteiger partial charge in [-0.2, -0.15) is 0 Å². The maximum absolute atomic E-state index is 13.3. The third kappa shape index (κ3) is 18.7. The van der Waals surface area contributed by atoms with Gasteiger partial charge in [0.05, 0.1) is 6.42 Å². The van der Waals surface area contributed by atoms with E-state index in [0.717, 1.165) is 60.6 Å². The molecule has 2 rings (SSSR count). The first kappa shape index (κ1) is 43.7. The molecule has 13 nitrogen and oxygen atoms in total. The van der Waals surface area contributed by atoms with Gasteiger partial charge in [-0.05, 0) is 56.2 Å². The molecule has 0 fully saturated rings. The summed E-state index contributed by atoms with van der Waals surface area (Å²) in [4.78, 5) is 75.9. The Labute approximate surface area is 307 Å². The van der Waals surface area contributed by atoms with Crippen molar-refractivity contribution in [3.05, 3.63) is 35.5 Å². The number of aryl methyl sites for hydroxylation is 1. The number of rotatable bonds is 29. The van der Waals surface area contributed by atoms with Crippen molar-refractivity contribution in [2.45, 2.75) is 148 Å². The summed E-state index contributed by atoms with van der Waals surface area (Å²) in [6.07, 6.45) is 15.1. The maximum Gasteiger partial charge on any atom is 0.326 e. The third-order valence-electron chi connectivity index (χ3n) is 9.08. The predicted molar refractivity (Wildman–Crippen MR) is 201 cm³/mol. The van der Waals surface area contributed by atoms with E-state index in [2.05, 4.69) is 33.2 Å². The second kappa shape index (κ2) is 25.5. The Morgan fingerprint density at radius 1 is 0.673 bits per heavy atom. The first-order valence-corrected chi connectivity index (χ1v) is 19.1. The number of carbonyl (C=O) groups is 6. The van der Waals surface area contributed by atoms with Crippen LogP contribution in [0.2, 0.25) is 0 Å². The molecule has 13 heteroatoms. The minimum Gasteiger partial charge on any atom is -0.481 e. The summed E-state index contributed by atoms with van der Waals surface area (Å²) in [5.74, 6) is -3.60. The number of benzene rings is 1. The second-order valence-electron chi connectivity index (χ2n) is 13.7. The lowest BCUT2D eigenvalue weighted by atomic mass is 10.0. The summed E-state index contributed by atoms with van der Waals surface area (Å²) < 4.78 is 0. The van der Waals surface area contributed by atoms with Gasteiger partial charge in [0.25, 0.3) is 0 Å². The van der Waals surface area contributed by atoms with Gasteiger partial charge >= 0.3 is 11.9 Å². The molecule has 0 radical (unpaired) electrons. The smallest absolute Gasteiger partial charge is 0.326 e. The summed E-state index contributed by atoms with van der Waals surface area (Å²) in [6, 6.07) is 3.89. The fourth-order valence-corrected chi connectivity index (χ4v) is 6.05. The van der Waals surface area contributed by atoms with Crippen molar-refractivity contribution in [3.63, 3.8) is 0 Å². The number of unbranched alkanes of at least 4 members (excludes halogenated alkanes) is 10. The highest BCUT2D eigenvalue weighted by molar-refractivity contribution is 5.90. The quantitative estimate of drug-likeness (QED) is 0.0537. The van der Waals surface area contributed by atoms with E-state index in [0.29, 0.717) is 19.4 Å². The molecule has 0 bridgehead atoms. The van der Waals surface area contributed by atoms with Crippen LogP contribution in [0, 0.1) is 6.92 Å². The van der Waals surface area contributed by atoms with E-state index in [1.54, 1.807) is 0 Å². The van der Waals surface area contributed by atoms with E-state index in [9.17, 15) is 33.9 Å². The summed E-state index contributed by atoms with van der Waals surface area (Å²) in [6.45, 7) is 4.98. The SMILES string of the molecule is CCCCCCCCCC(=O)NCCCCCCCC(=O)N[C@H](Cc1c[nH]c2cc(C)ccc12)C(=O)NCCC[C@@H](NC(=O)CCC(=O)O)C(=O)O. The van der Waals surface area contributed by atoms with Crippen molar-refractivity contribution in [1.29, 1.82) is 0 Å². The lowest BCUT2D eigenvalue weighted by molar-refractivity contribution is -0.142. The molecule has 1 aromatic heterocycles. The number of carbonyl (C=O) groups excluding carboxylic acids is 4. The number of hydrogen-bond acceptors (Lipinski definition) is 6. The van der Waals surface area contributed by atoms with Crippen molar-refractivity contribution in [1.82, 2.24) is 26.3 Å². The van der Waals surface area contributed by atoms with E-state index in [1.165, 1.54) is 32.1 Å². The number of nitrogens with one attached hydrogen (secondary N) is 5. The average Bonchev–Trinajstić information content (AvgIpc) is 3.50. The minimum atomic E-state index is -1.25. The van der Waals surface area contributed by atoms with Crippen molar-refractivity contribution in [3.8, 4) is 0 Å². The van der Waals surface area contributed by atoms with Gasteiger partial charge < -0.3 is 36.5 Å². The van der Waals surface area contributed by atoms with Gasteiger partial charge in [-0.15, -0.1) is 0 Å². The molecule has 52 heavy (non-hydrogen) atoms. The lowest BCUT2D eigenvalue weighted by Gasteiger charge is -2.19. The van der Waals surface area contributed by atoms with Crippen molar-refractivity contribution < 1.29 is 39.0 Å². The van der Waals surface area contributed by atoms with Gasteiger partial charge in [0.2, 0.25) is 23.6 Å². The van der Waals surface area contributed by atoms with Crippen LogP contribution in [0.25, 0.3) is 10.9 Å². The number of H-pyrrole nitrogens is 1. The van der Waals surface area contributed by atoms with E-state index >= 15 is 0 Å². The number of aliphatic carboxylic acids is 2. The Hall–Kier alpha value is -4.42. The second-order valence-corrected chi connectivity index (χ2v) is 13.7. The molecule has 0 saturated carbocycles. The molecule has 2 atom stereocenters. The summed E-state index contributed by atoms with van der Waals surface area (Å²) in [7, 11) is 0. The maximum atomic E-state index is 13.3. The largest absolute Gasteiger partial charge is 0.481 e. The highest BCUT2D eigenvalue weighted by Gasteiger charge is 2.24. The first-order valence-electron chi connectivity index (χ1n) is 19.1. The molecular weight excluding hydrogens is 666 g/mol. The molecule has 1 aromatic carbocycles. The van der Waals surface area contributed by atoms with Crippen LogP contribution in [0.5, 0.6) is 0 Å². The number of hydrogen-bond donors (Lipinski definition) is 7. The van der Waals surface area contributed by atoms with Crippen LogP contribution in [0.1, 0.15) is 134 Å². The highest BCUT2D eigenvalue weighted by atomic mass is 16.4. The number of amides is 4. The molecule has 4 amide bonds. The zero-order valence-electron chi connectivity index (χ0n) is 31.2. The molecule has 1 heterocycles. The molecule has 0 aliphatic heterocycles. The molecule has 0 aliphatic carbocycles. The zero-order chi connectivity index (χ0) is 38.1. The number of fused-ring (bicyclic) bond motifs is 1. The monoisotopic (exact) mass is 727 g/mol. The zero-order valence-corrected chi connectivity index (χ0v) is 31.2. The molecule has 0 unspecified atom stereocenters. The topological polar surface area (TPSA) is 207 Å². The Morgan fingerprint density at radius 2 is 1.27 bits per heavy atom. The Kier molecular flexibility index (Phi) is 21.5. The predicted octanol–water partition coefficient (Wildman–Crippen LogP) is 5.43. The molecule has 0 spiro atoms. The third-order valence-corrected chi connectivity index (χ3v) is 9.08. The number of carboxylic acid groups (broad SMARTS) is 2. The fourth-order valence-electron chi connectivity index (χ4n) is 6.05. The molecule has 7 N–H and O–H groups in total. The normalized spacial score (nSPS) is 12.2. The van der Waals surface area contributed by atoms with Crippen molar-refractivity contribution in [2.75, 3.05) is 13.1 Å². The number of aromatic nitrogens is 1. The highest BCUT2D eigenvalue weighted by Crippen LogP contribution is 2.21. The van der Waals surface area contributed by atoms with Crippen LogP contribution in [-0.2, 0) is 35.2 Å². The fraction of sp³-hybridized carbons (Fsp3) is 0.641. The van der Waals surface area contributed by atoms with Crippen molar-refractivity contribution >= 4 is 46.5 Å². The Morgan fingerprint density at radius 3 is 1.94 bits per heavy atom. The van der Waals surface area contributed by atoms with Crippen LogP contribution in [0.3, 0.4) is 0 Å². The van der Waals surface area contributed by atoms with E-state index in [-0.39, 0.29) is 50.5 Å². The molecule has 0 aliphatic rings. The summed E-state index contributed by atoms with van der Waals surface area (Å²) >= 11 is 0. The van der Waals surface area contributed by atoms with Crippen molar-refractivity contribution in [2.24, 2.45) is 0 Å². The number of carboxylic acids is 2. The molecule has 0 saturated heterocycles. The van der Waals surface area contributed by atoms with Gasteiger partial charge in [-0.3, -0.25) is 24.0 Å². The van der Waals surface area contributed by atoms with Crippen LogP contribution >= 0.6 is 0 Å². The Bertz CT molecular complexity index is 1420. The van der Waals surface area contributed by atoms with Crippen LogP contribution < -0.4 is 21.3 Å². The summed E-state index contributed by atoms with van der Waals surface area (Å²) in [5.41, 5.74) is 2.89. The average molecular weight is 728 g/mol. The standard InChI is InChI=1S/C39H61N5O8/c1-3-4-5-6-7-9-12-17-34(45)40-23-14-11-8-10-13-18-35(46)44-33(26-29-27-42-32-25-28(2)19-20-30(29)32)38(50)41-24-15-16-31(39(51)52)43-36(47)21-22-37(48)49/h19-20,25,27,31,33,42H,3-18,21-24,26H2,1-2H3,(H,40,45)(H,41,50)(H,43,47)(H,44,46)(H,48,49)(H,51,52)/t31-,33-/m1/s1. The van der Waals surface area contributed by atoms with Gasteiger partial charge in [0, 0.05) is 55.9 Å². The molecular formula is C39H61N5O8. The minimum absolute atomic E-state index is 0.0267. The van der Waals surface area contributed by atoms with E-state index < -0.39 is 42.3 Å². The first-order chi connectivity index (χ1) is 25.0. The van der Waals surface area contributed by atoms with Gasteiger partial charge in [-0.25, -0.2) is 4.79 Å². The Balaban J connectivity index is 1.77. The van der Waals surface area contributed by atoms with E-state index in [1.807, 2.05) is 31.3 Å². The van der Waals surface area contributed by atoms with Crippen LogP contribution in [-0.4, -0.2) is 75.9 Å². The van der Waals surface area contributed by atoms with E-state index in [4.69, 9.17) is 5.11 Å². The number of aromatic amines is 1. The molecule has 2 aromatic rings. The van der Waals surface area contributed by atoms with Gasteiger partial charge in [-0.1, -0.05) is 76.8 Å². The van der Waals surface area contributed by atoms with Gasteiger partial charge in [0.1, 0.15) is 12.1 Å².